The highest BCUT2D eigenvalue weighted by atomic mass is 31.1. The van der Waals surface area contributed by atoms with Crippen LogP contribution in [0, 0.1) is 0 Å². The number of rotatable bonds is 4. The lowest BCUT2D eigenvalue weighted by molar-refractivity contribution is -0.140. The van der Waals surface area contributed by atoms with E-state index < -0.39 is 0 Å². The summed E-state index contributed by atoms with van der Waals surface area (Å²) < 4.78 is 4.55. The molecule has 3 radical (unpaired) electrons. The van der Waals surface area contributed by atoms with Gasteiger partial charge in [0.1, 0.15) is 0 Å². The number of benzene rings is 1. The first-order valence-corrected chi connectivity index (χ1v) is 5.39. The van der Waals surface area contributed by atoms with Gasteiger partial charge in [-0.2, -0.15) is 0 Å². The second-order valence-corrected chi connectivity index (χ2v) is 4.05. The van der Waals surface area contributed by atoms with Crippen LogP contribution in [-0.4, -0.2) is 27.7 Å². The molecule has 0 saturated carbocycles. The monoisotopic (exact) mass is 207 g/mol. The fourth-order valence-corrected chi connectivity index (χ4v) is 2.01. The topological polar surface area (TPSA) is 26.3 Å². The Morgan fingerprint density at radius 3 is 2.57 bits per heavy atom. The molecule has 0 aliphatic heterocycles. The number of methoxy groups -OCH3 is 1. The van der Waals surface area contributed by atoms with Gasteiger partial charge in [0.2, 0.25) is 0 Å². The van der Waals surface area contributed by atoms with Crippen LogP contribution < -0.4 is 5.30 Å². The lowest BCUT2D eigenvalue weighted by Crippen LogP contribution is -2.02. The summed E-state index contributed by atoms with van der Waals surface area (Å²) in [6.45, 7) is 0. The quantitative estimate of drug-likeness (QED) is 0.420. The van der Waals surface area contributed by atoms with Crippen LogP contribution >= 0.6 is 8.58 Å². The summed E-state index contributed by atoms with van der Waals surface area (Å²) in [7, 11) is 2.12. The Bertz CT molecular complexity index is 264. The minimum Gasteiger partial charge on any atom is -0.469 e. The molecule has 0 spiro atoms. The van der Waals surface area contributed by atoms with Crippen LogP contribution in [0.4, 0.5) is 0 Å². The van der Waals surface area contributed by atoms with Crippen molar-refractivity contribution in [2.24, 2.45) is 0 Å². The van der Waals surface area contributed by atoms with E-state index >= 15 is 0 Å². The molecule has 0 aliphatic rings. The van der Waals surface area contributed by atoms with Crippen molar-refractivity contribution in [3.05, 3.63) is 30.3 Å². The first kappa shape index (κ1) is 13.2. The number of hydrogen-bond acceptors (Lipinski definition) is 2. The summed E-state index contributed by atoms with van der Waals surface area (Å²) in [5, 5.41) is 1.30. The zero-order chi connectivity index (χ0) is 9.52. The second-order valence-electron chi connectivity index (χ2n) is 2.62. The number of carbonyl (C=O) groups is 1. The predicted molar refractivity (Wildman–Crippen MR) is 61.6 cm³/mol. The molecule has 1 rings (SSSR count). The van der Waals surface area contributed by atoms with Gasteiger partial charge in [-0.3, -0.25) is 4.79 Å². The maximum atomic E-state index is 10.8. The maximum absolute atomic E-state index is 10.8. The van der Waals surface area contributed by atoms with Crippen molar-refractivity contribution in [2.45, 2.75) is 6.42 Å². The SMILES string of the molecule is COC(=O)CCPc1ccccc1.[B]. The lowest BCUT2D eigenvalue weighted by Gasteiger charge is -2.00. The Hall–Kier alpha value is -0.815. The third-order valence-corrected chi connectivity index (χ3v) is 2.90. The standard InChI is InChI=1S/C10H13O2P.B/c1-12-10(11)7-8-13-9-5-3-2-4-6-9;/h2-6,13H,7-8H2,1H3;. The van der Waals surface area contributed by atoms with Gasteiger partial charge in [0.25, 0.3) is 0 Å². The van der Waals surface area contributed by atoms with Crippen LogP contribution in [0.3, 0.4) is 0 Å². The summed E-state index contributed by atoms with van der Waals surface area (Å²) in [6.07, 6.45) is 1.40. The molecular formula is C10H13BO2P. The molecule has 0 N–H and O–H groups in total. The molecule has 0 fully saturated rings. The van der Waals surface area contributed by atoms with Crippen LogP contribution in [0.1, 0.15) is 6.42 Å². The van der Waals surface area contributed by atoms with Crippen molar-refractivity contribution in [1.29, 1.82) is 0 Å². The highest BCUT2D eigenvalue weighted by Crippen LogP contribution is 2.10. The van der Waals surface area contributed by atoms with Gasteiger partial charge in [0.05, 0.1) is 7.11 Å². The predicted octanol–water partition coefficient (Wildman–Crippen LogP) is 1.17. The first-order valence-electron chi connectivity index (χ1n) is 4.18. The molecule has 1 atom stereocenters. The largest absolute Gasteiger partial charge is 0.469 e. The van der Waals surface area contributed by atoms with Crippen LogP contribution in [0.25, 0.3) is 0 Å². The van der Waals surface area contributed by atoms with Crippen molar-refractivity contribution in [3.8, 4) is 0 Å². The smallest absolute Gasteiger partial charge is 0.305 e. The first-order chi connectivity index (χ1) is 6.33. The van der Waals surface area contributed by atoms with Crippen LogP contribution in [0.2, 0.25) is 0 Å². The number of ether oxygens (including phenoxy) is 1. The molecular weight excluding hydrogens is 194 g/mol. The Balaban J connectivity index is 0.00000169. The van der Waals surface area contributed by atoms with Crippen molar-refractivity contribution in [1.82, 2.24) is 0 Å². The van der Waals surface area contributed by atoms with E-state index in [1.54, 1.807) is 0 Å². The van der Waals surface area contributed by atoms with E-state index in [0.717, 1.165) is 6.16 Å². The Morgan fingerprint density at radius 1 is 1.36 bits per heavy atom. The molecule has 0 bridgehead atoms. The maximum Gasteiger partial charge on any atom is 0.305 e. The van der Waals surface area contributed by atoms with E-state index in [0.29, 0.717) is 15.0 Å². The average Bonchev–Trinajstić information content (AvgIpc) is 2.19. The lowest BCUT2D eigenvalue weighted by atomic mass is 10.4. The van der Waals surface area contributed by atoms with Gasteiger partial charge in [-0.1, -0.05) is 38.9 Å². The molecule has 14 heavy (non-hydrogen) atoms. The molecule has 4 heteroatoms. The van der Waals surface area contributed by atoms with Gasteiger partial charge in [0.15, 0.2) is 0 Å². The molecule has 1 unspecified atom stereocenters. The number of hydrogen-bond donors (Lipinski definition) is 0. The van der Waals surface area contributed by atoms with E-state index in [9.17, 15) is 4.79 Å². The summed E-state index contributed by atoms with van der Waals surface area (Å²) in [5.41, 5.74) is 0. The van der Waals surface area contributed by atoms with Crippen molar-refractivity contribution in [2.75, 3.05) is 13.3 Å². The second kappa shape index (κ2) is 7.58. The van der Waals surface area contributed by atoms with Gasteiger partial charge < -0.3 is 4.74 Å². The zero-order valence-electron chi connectivity index (χ0n) is 8.19. The molecule has 0 heterocycles. The summed E-state index contributed by atoms with van der Waals surface area (Å²) >= 11 is 0. The molecule has 0 amide bonds. The highest BCUT2D eigenvalue weighted by molar-refractivity contribution is 7.47. The van der Waals surface area contributed by atoms with Gasteiger partial charge in [0, 0.05) is 14.8 Å². The molecule has 0 aromatic heterocycles. The van der Waals surface area contributed by atoms with Crippen molar-refractivity contribution < 1.29 is 9.53 Å². The Morgan fingerprint density at radius 2 is 2.00 bits per heavy atom. The van der Waals surface area contributed by atoms with E-state index in [2.05, 4.69) is 16.9 Å². The van der Waals surface area contributed by atoms with Crippen molar-refractivity contribution >= 4 is 28.3 Å². The van der Waals surface area contributed by atoms with Gasteiger partial charge in [-0.15, -0.1) is 0 Å². The summed E-state index contributed by atoms with van der Waals surface area (Å²) in [4.78, 5) is 10.8. The Kier molecular flexibility index (Phi) is 7.13. The third-order valence-electron chi connectivity index (χ3n) is 1.66. The molecule has 73 valence electrons. The molecule has 1 aromatic carbocycles. The average molecular weight is 207 g/mol. The highest BCUT2D eigenvalue weighted by Gasteiger charge is 1.99. The number of esters is 1. The fourth-order valence-electron chi connectivity index (χ4n) is 0.967. The summed E-state index contributed by atoms with van der Waals surface area (Å²) in [5.74, 6) is -0.122. The van der Waals surface area contributed by atoms with Gasteiger partial charge in [-0.05, 0) is 11.5 Å². The van der Waals surface area contributed by atoms with Crippen LogP contribution in [0.15, 0.2) is 30.3 Å². The fraction of sp³-hybridized carbons (Fsp3) is 0.300. The van der Waals surface area contributed by atoms with Crippen molar-refractivity contribution in [3.63, 3.8) is 0 Å². The molecule has 0 saturated heterocycles. The zero-order valence-corrected chi connectivity index (χ0v) is 9.19. The Labute approximate surface area is 88.4 Å². The third kappa shape index (κ3) is 5.03. The van der Waals surface area contributed by atoms with E-state index in [1.165, 1.54) is 12.4 Å². The van der Waals surface area contributed by atoms with E-state index in [-0.39, 0.29) is 14.4 Å². The minimum atomic E-state index is -0.122. The molecule has 0 aliphatic carbocycles. The van der Waals surface area contributed by atoms with Crippen LogP contribution in [-0.2, 0) is 9.53 Å². The van der Waals surface area contributed by atoms with Gasteiger partial charge >= 0.3 is 5.97 Å². The summed E-state index contributed by atoms with van der Waals surface area (Å²) in [6, 6.07) is 10.2. The minimum absolute atomic E-state index is 0. The normalized spacial score (nSPS) is 9.79. The van der Waals surface area contributed by atoms with E-state index in [4.69, 9.17) is 0 Å². The molecule has 2 nitrogen and oxygen atoms in total. The van der Waals surface area contributed by atoms with Gasteiger partial charge in [-0.25, -0.2) is 0 Å². The number of carbonyl (C=O) groups excluding carboxylic acids is 1. The van der Waals surface area contributed by atoms with E-state index in [1.807, 2.05) is 18.2 Å². The molecule has 1 aromatic rings. The van der Waals surface area contributed by atoms with Crippen LogP contribution in [0.5, 0.6) is 0 Å².